The van der Waals surface area contributed by atoms with Gasteiger partial charge in [-0.3, -0.25) is 43.8 Å². The number of nitrogens with one attached hydrogen (secondary N) is 2. The Labute approximate surface area is 399 Å². The molecule has 2 aromatic heterocycles. The van der Waals surface area contributed by atoms with Crippen LogP contribution in [0.5, 0.6) is 0 Å². The van der Waals surface area contributed by atoms with Crippen LogP contribution in [-0.2, 0) is 30.8 Å². The number of piperazine rings is 1. The van der Waals surface area contributed by atoms with Gasteiger partial charge in [-0.2, -0.15) is 0 Å². The van der Waals surface area contributed by atoms with Gasteiger partial charge >= 0.3 is 0 Å². The number of nitrogen functional groups attached to an aromatic ring is 1. The van der Waals surface area contributed by atoms with E-state index in [2.05, 4.69) is 29.8 Å². The first-order chi connectivity index (χ1) is 32.7. The maximum absolute atomic E-state index is 16.1. The van der Waals surface area contributed by atoms with Crippen LogP contribution in [0.4, 0.5) is 16.0 Å². The topological polar surface area (TPSA) is 221 Å². The predicted octanol–water partition coefficient (Wildman–Crippen LogP) is 5.06. The van der Waals surface area contributed by atoms with E-state index in [1.54, 1.807) is 43.5 Å². The second-order valence-electron chi connectivity index (χ2n) is 18.8. The van der Waals surface area contributed by atoms with E-state index in [9.17, 15) is 32.4 Å². The summed E-state index contributed by atoms with van der Waals surface area (Å²) >= 11 is 1.46. The zero-order valence-corrected chi connectivity index (χ0v) is 39.8. The van der Waals surface area contributed by atoms with Crippen LogP contribution < -0.4 is 15.8 Å². The zero-order chi connectivity index (χ0) is 47.7. The molecule has 4 fully saturated rings. The number of imide groups is 2. The lowest BCUT2D eigenvalue weighted by Gasteiger charge is -2.46. The molecule has 3 saturated heterocycles. The van der Waals surface area contributed by atoms with Gasteiger partial charge in [-0.15, -0.1) is 11.3 Å². The van der Waals surface area contributed by atoms with E-state index < -0.39 is 45.5 Å². The number of aryl methyl sites for hydroxylation is 1. The van der Waals surface area contributed by atoms with Crippen LogP contribution in [-0.4, -0.2) is 137 Å². The fraction of sp³-hybridized carbons (Fsp3) is 0.500. The van der Waals surface area contributed by atoms with Gasteiger partial charge in [0.05, 0.1) is 50.4 Å². The van der Waals surface area contributed by atoms with Gasteiger partial charge in [0, 0.05) is 63.4 Å². The number of sulfonamides is 1. The third-order valence-corrected chi connectivity index (χ3v) is 17.1. The van der Waals surface area contributed by atoms with Gasteiger partial charge in [0.15, 0.2) is 5.82 Å². The van der Waals surface area contributed by atoms with Gasteiger partial charge < -0.3 is 15.5 Å². The molecule has 4 aromatic rings. The first-order valence-electron chi connectivity index (χ1n) is 23.7. The molecule has 1 aliphatic carbocycles. The molecule has 1 spiro atoms. The van der Waals surface area contributed by atoms with Crippen LogP contribution in [0.3, 0.4) is 0 Å². The fourth-order valence-corrected chi connectivity index (χ4v) is 13.0. The summed E-state index contributed by atoms with van der Waals surface area (Å²) < 4.78 is 43.7. The highest BCUT2D eigenvalue weighted by molar-refractivity contribution is 7.92. The van der Waals surface area contributed by atoms with Crippen LogP contribution in [0.25, 0.3) is 21.8 Å². The van der Waals surface area contributed by atoms with E-state index >= 15 is 4.39 Å². The Morgan fingerprint density at radius 1 is 0.912 bits per heavy atom. The summed E-state index contributed by atoms with van der Waals surface area (Å²) in [5, 5.41) is 3.12. The molecule has 5 amide bonds. The molecule has 2 aromatic carbocycles. The summed E-state index contributed by atoms with van der Waals surface area (Å²) in [7, 11) is -3.73. The van der Waals surface area contributed by atoms with Crippen LogP contribution in [0.2, 0.25) is 0 Å². The van der Waals surface area contributed by atoms with Gasteiger partial charge in [-0.25, -0.2) is 27.8 Å². The summed E-state index contributed by atoms with van der Waals surface area (Å²) in [6.07, 6.45) is 9.21. The first-order valence-corrected chi connectivity index (χ1v) is 26.1. The van der Waals surface area contributed by atoms with E-state index in [0.29, 0.717) is 46.8 Å². The second kappa shape index (κ2) is 19.7. The molecule has 0 radical (unpaired) electrons. The van der Waals surface area contributed by atoms with Crippen molar-refractivity contribution in [1.82, 2.24) is 39.9 Å². The number of hydrogen-bond acceptors (Lipinski definition) is 14. The minimum atomic E-state index is -3.73. The zero-order valence-electron chi connectivity index (χ0n) is 38.2. The number of hydrogen-bond donors (Lipinski definition) is 3. The number of thiazole rings is 1. The molecule has 68 heavy (non-hydrogen) atoms. The molecule has 4 N–H and O–H groups in total. The van der Waals surface area contributed by atoms with Crippen molar-refractivity contribution in [1.29, 1.82) is 0 Å². The minimum Gasteiger partial charge on any atom is -0.368 e. The molecule has 1 atom stereocenters. The highest BCUT2D eigenvalue weighted by Crippen LogP contribution is 2.51. The van der Waals surface area contributed by atoms with Crippen LogP contribution in [0, 0.1) is 11.2 Å². The standard InChI is InChI=1S/C48H57FN10O7S2/c1-2-28-68(65,66)55-34-10-4-9-33(40(34)49)41-42(35-15-20-51-47(50)52-35)67-44(54-41)31-13-16-48(17-14-31)18-22-58(23-19-48)38(61)29-57-26-24-56(25-27-57)21-5-7-30-6-3-8-32-39(30)46(64)59(45(32)63)36-11-12-37(60)53-43(36)62/h3-4,6,8-10,15,20,31,36,55H,2,5,7,11-14,16-19,21-29H2,1H3,(H2,50,51,52)(H,53,60,62)/t36-/m1/s1. The number of piperidine rings is 2. The monoisotopic (exact) mass is 968 g/mol. The number of fused-ring (bicyclic) bond motifs is 1. The maximum Gasteiger partial charge on any atom is 0.262 e. The number of likely N-dealkylation sites (tertiary alicyclic amines) is 1. The van der Waals surface area contributed by atoms with Crippen molar-refractivity contribution in [3.05, 3.63) is 76.2 Å². The van der Waals surface area contributed by atoms with Gasteiger partial charge in [-0.1, -0.05) is 25.1 Å². The van der Waals surface area contributed by atoms with Gasteiger partial charge in [0.25, 0.3) is 11.8 Å². The summed E-state index contributed by atoms with van der Waals surface area (Å²) in [6, 6.07) is 10.6. The number of amides is 5. The predicted molar refractivity (Wildman–Crippen MR) is 254 cm³/mol. The third kappa shape index (κ3) is 9.91. The van der Waals surface area contributed by atoms with Gasteiger partial charge in [0.1, 0.15) is 6.04 Å². The van der Waals surface area contributed by atoms with E-state index in [1.165, 1.54) is 17.4 Å². The van der Waals surface area contributed by atoms with Crippen LogP contribution >= 0.6 is 11.3 Å². The summed E-state index contributed by atoms with van der Waals surface area (Å²) in [4.78, 5) is 86.3. The lowest BCUT2D eigenvalue weighted by atomic mass is 9.65. The van der Waals surface area contributed by atoms with E-state index in [4.69, 9.17) is 10.7 Å². The quantitative estimate of drug-likeness (QED) is 0.141. The fourth-order valence-electron chi connectivity index (χ4n) is 10.6. The van der Waals surface area contributed by atoms with Crippen molar-refractivity contribution in [2.75, 3.05) is 68.6 Å². The SMILES string of the molecule is CCCS(=O)(=O)Nc1cccc(-c2nc(C3CCC4(CC3)CCN(C(=O)CN3CCN(CCCc5cccc6c5C(=O)N([C@@H]5CCC(=O)NC5=O)C6=O)CC3)CC4)sc2-c2ccnc(N)n2)c1F. The molecule has 0 unspecified atom stereocenters. The lowest BCUT2D eigenvalue weighted by molar-refractivity contribution is -0.137. The lowest BCUT2D eigenvalue weighted by Crippen LogP contribution is -2.54. The summed E-state index contributed by atoms with van der Waals surface area (Å²) in [5.41, 5.74) is 8.49. The largest absolute Gasteiger partial charge is 0.368 e. The molecule has 17 nitrogen and oxygen atoms in total. The van der Waals surface area contributed by atoms with Crippen molar-refractivity contribution < 1.29 is 36.8 Å². The highest BCUT2D eigenvalue weighted by Gasteiger charge is 2.46. The third-order valence-electron chi connectivity index (χ3n) is 14.4. The van der Waals surface area contributed by atoms with Crippen molar-refractivity contribution in [3.8, 4) is 21.8 Å². The smallest absolute Gasteiger partial charge is 0.262 e. The number of anilines is 2. The number of aromatic nitrogens is 3. The molecular weight excluding hydrogens is 912 g/mol. The molecular formula is C48H57FN10O7S2. The molecule has 4 aliphatic heterocycles. The highest BCUT2D eigenvalue weighted by atomic mass is 32.2. The summed E-state index contributed by atoms with van der Waals surface area (Å²) in [6.45, 7) is 7.59. The Hall–Kier alpha value is -5.70. The number of benzene rings is 2. The molecule has 6 heterocycles. The number of nitrogens with two attached hydrogens (primary N) is 1. The Morgan fingerprint density at radius 2 is 1.63 bits per heavy atom. The number of carbonyl (C=O) groups is 5. The number of rotatable bonds is 14. The maximum atomic E-state index is 16.1. The average molecular weight is 969 g/mol. The number of carbonyl (C=O) groups excluding carboxylic acids is 5. The molecule has 9 rings (SSSR count). The molecule has 1 saturated carbocycles. The number of halogens is 1. The average Bonchev–Trinajstić information content (AvgIpc) is 3.87. The minimum absolute atomic E-state index is 0.0749. The summed E-state index contributed by atoms with van der Waals surface area (Å²) in [5.74, 6) is -2.45. The van der Waals surface area contributed by atoms with Gasteiger partial charge in [0.2, 0.25) is 33.7 Å². The molecule has 5 aliphatic rings. The molecule has 360 valence electrons. The van der Waals surface area contributed by atoms with E-state index in [1.807, 2.05) is 11.0 Å². The number of nitrogens with zero attached hydrogens (tertiary/aromatic N) is 7. The van der Waals surface area contributed by atoms with Crippen molar-refractivity contribution in [2.24, 2.45) is 5.41 Å². The van der Waals surface area contributed by atoms with Crippen molar-refractivity contribution in [2.45, 2.75) is 89.5 Å². The Bertz CT molecular complexity index is 2720. The van der Waals surface area contributed by atoms with E-state index in [-0.39, 0.29) is 53.0 Å². The second-order valence-corrected chi connectivity index (χ2v) is 21.7. The van der Waals surface area contributed by atoms with E-state index in [0.717, 1.165) is 106 Å². The van der Waals surface area contributed by atoms with Crippen molar-refractivity contribution >= 4 is 62.5 Å². The van der Waals surface area contributed by atoms with Crippen LogP contribution in [0.15, 0.2) is 48.7 Å². The normalized spacial score (nSPS) is 20.5. The van der Waals surface area contributed by atoms with Gasteiger partial charge in [-0.05, 0) is 106 Å². The molecule has 0 bridgehead atoms. The van der Waals surface area contributed by atoms with Crippen molar-refractivity contribution in [3.63, 3.8) is 0 Å². The Kier molecular flexibility index (Phi) is 13.7. The Morgan fingerprint density at radius 3 is 2.35 bits per heavy atom. The van der Waals surface area contributed by atoms with Crippen LogP contribution in [0.1, 0.15) is 108 Å². The first kappa shape index (κ1) is 47.4. The molecule has 20 heteroatoms. The Balaban J connectivity index is 0.747.